The number of esters is 1. The van der Waals surface area contributed by atoms with Crippen LogP contribution in [-0.4, -0.2) is 30.9 Å². The summed E-state index contributed by atoms with van der Waals surface area (Å²) in [6.45, 7) is 0. The molecule has 1 atom stereocenters. The number of rotatable bonds is 5. The molecule has 0 aliphatic carbocycles. The Morgan fingerprint density at radius 1 is 0.963 bits per heavy atom. The molecule has 6 heteroatoms. The number of carbonyl (C=O) groups excluding carboxylic acids is 2. The monoisotopic (exact) mass is 367 g/mol. The summed E-state index contributed by atoms with van der Waals surface area (Å²) >= 11 is 0. The van der Waals surface area contributed by atoms with E-state index in [-0.39, 0.29) is 17.5 Å². The molecule has 0 fully saturated rings. The van der Waals surface area contributed by atoms with Gasteiger partial charge in [0.05, 0.1) is 0 Å². The Bertz CT molecular complexity index is 932. The molecule has 5 nitrogen and oxygen atoms in total. The first-order valence-corrected chi connectivity index (χ1v) is 8.28. The Hall–Kier alpha value is -3.41. The fourth-order valence-electron chi connectivity index (χ4n) is 2.51. The number of hydrogen-bond donors (Lipinski definition) is 0. The topological polar surface area (TPSA) is 59.8 Å². The summed E-state index contributed by atoms with van der Waals surface area (Å²) in [6, 6.07) is 17.5. The van der Waals surface area contributed by atoms with Gasteiger partial charge in [0.1, 0.15) is 11.6 Å². The molecule has 0 saturated heterocycles. The number of amides is 1. The molecule has 0 aliphatic rings. The van der Waals surface area contributed by atoms with Crippen LogP contribution < -0.4 is 0 Å². The molecule has 138 valence electrons. The first-order chi connectivity index (χ1) is 13.0. The molecule has 3 aromatic rings. The third kappa shape index (κ3) is 4.23. The second-order valence-corrected chi connectivity index (χ2v) is 6.10. The van der Waals surface area contributed by atoms with Gasteiger partial charge in [0.2, 0.25) is 11.9 Å². The van der Waals surface area contributed by atoms with Crippen LogP contribution in [0.1, 0.15) is 22.2 Å². The van der Waals surface area contributed by atoms with Crippen molar-refractivity contribution in [2.45, 2.75) is 6.10 Å². The van der Waals surface area contributed by atoms with Crippen molar-refractivity contribution in [2.75, 3.05) is 14.1 Å². The van der Waals surface area contributed by atoms with Gasteiger partial charge in [0.15, 0.2) is 0 Å². The molecule has 0 spiro atoms. The highest BCUT2D eigenvalue weighted by atomic mass is 19.1. The van der Waals surface area contributed by atoms with Crippen molar-refractivity contribution in [3.63, 3.8) is 0 Å². The molecule has 0 unspecified atom stereocenters. The van der Waals surface area contributed by atoms with Crippen molar-refractivity contribution >= 4 is 11.9 Å². The van der Waals surface area contributed by atoms with E-state index in [0.29, 0.717) is 16.9 Å². The van der Waals surface area contributed by atoms with Gasteiger partial charge in [-0.05, 0) is 36.4 Å². The van der Waals surface area contributed by atoms with Crippen LogP contribution in [0.2, 0.25) is 0 Å². The first kappa shape index (κ1) is 18.4. The zero-order chi connectivity index (χ0) is 19.4. The first-order valence-electron chi connectivity index (χ1n) is 8.28. The lowest BCUT2D eigenvalue weighted by atomic mass is 10.1. The molecule has 3 rings (SSSR count). The van der Waals surface area contributed by atoms with E-state index >= 15 is 0 Å². The molecule has 1 aromatic heterocycles. The zero-order valence-electron chi connectivity index (χ0n) is 14.9. The fourth-order valence-corrected chi connectivity index (χ4v) is 2.51. The lowest BCUT2D eigenvalue weighted by Crippen LogP contribution is -2.31. The lowest BCUT2D eigenvalue weighted by Gasteiger charge is -2.20. The van der Waals surface area contributed by atoms with Crippen molar-refractivity contribution in [3.05, 3.63) is 83.9 Å². The molecule has 2 aromatic carbocycles. The summed E-state index contributed by atoms with van der Waals surface area (Å²) in [4.78, 5) is 26.3. The summed E-state index contributed by atoms with van der Waals surface area (Å²) in [5.41, 5.74) is 1.19. The summed E-state index contributed by atoms with van der Waals surface area (Å²) in [5.74, 6) is -1.12. The Balaban J connectivity index is 1.82. The normalized spacial score (nSPS) is 11.7. The summed E-state index contributed by atoms with van der Waals surface area (Å²) in [6.07, 6.45) is -1.08. The largest absolute Gasteiger partial charge is 0.449 e. The van der Waals surface area contributed by atoms with E-state index in [0.717, 1.165) is 0 Å². The van der Waals surface area contributed by atoms with Crippen molar-refractivity contribution in [3.8, 4) is 11.3 Å². The minimum Gasteiger partial charge on any atom is -0.449 e. The minimum absolute atomic E-state index is 0.0400. The SMILES string of the molecule is CN(C)C(=O)[C@@H](OC(=O)c1ccc(-c2ccc(F)cc2)o1)c1ccccc1. The van der Waals surface area contributed by atoms with Crippen LogP contribution in [0.25, 0.3) is 11.3 Å². The molecule has 0 radical (unpaired) electrons. The summed E-state index contributed by atoms with van der Waals surface area (Å²) in [7, 11) is 3.18. The molecule has 27 heavy (non-hydrogen) atoms. The predicted molar refractivity (Wildman–Crippen MR) is 97.4 cm³/mol. The number of furan rings is 1. The number of nitrogens with zero attached hydrogens (tertiary/aromatic N) is 1. The van der Waals surface area contributed by atoms with Gasteiger partial charge in [-0.25, -0.2) is 9.18 Å². The van der Waals surface area contributed by atoms with Crippen LogP contribution in [0.4, 0.5) is 4.39 Å². The van der Waals surface area contributed by atoms with E-state index in [1.807, 2.05) is 6.07 Å². The van der Waals surface area contributed by atoms with Crippen molar-refractivity contribution in [1.82, 2.24) is 4.90 Å². The number of halogens is 1. The van der Waals surface area contributed by atoms with Crippen LogP contribution in [-0.2, 0) is 9.53 Å². The third-order valence-corrected chi connectivity index (χ3v) is 3.93. The average molecular weight is 367 g/mol. The predicted octanol–water partition coefficient (Wildman–Crippen LogP) is 4.07. The van der Waals surface area contributed by atoms with Crippen LogP contribution in [0.3, 0.4) is 0 Å². The van der Waals surface area contributed by atoms with Crippen LogP contribution in [0, 0.1) is 5.82 Å². The molecule has 1 heterocycles. The molecule has 0 N–H and O–H groups in total. The second-order valence-electron chi connectivity index (χ2n) is 6.10. The maximum atomic E-state index is 13.0. The average Bonchev–Trinajstić information content (AvgIpc) is 3.17. The van der Waals surface area contributed by atoms with Gasteiger partial charge in [0, 0.05) is 25.2 Å². The van der Waals surface area contributed by atoms with E-state index < -0.39 is 12.1 Å². The molecule has 0 aliphatic heterocycles. The van der Waals surface area contributed by atoms with Crippen LogP contribution in [0.5, 0.6) is 0 Å². The number of carbonyl (C=O) groups is 2. The minimum atomic E-state index is -1.08. The van der Waals surface area contributed by atoms with E-state index in [2.05, 4.69) is 0 Å². The van der Waals surface area contributed by atoms with Gasteiger partial charge < -0.3 is 14.1 Å². The summed E-state index contributed by atoms with van der Waals surface area (Å²) in [5, 5.41) is 0. The van der Waals surface area contributed by atoms with E-state index in [1.54, 1.807) is 56.6 Å². The smallest absolute Gasteiger partial charge is 0.375 e. The number of benzene rings is 2. The lowest BCUT2D eigenvalue weighted by molar-refractivity contribution is -0.138. The van der Waals surface area contributed by atoms with E-state index in [9.17, 15) is 14.0 Å². The Labute approximate surface area is 156 Å². The zero-order valence-corrected chi connectivity index (χ0v) is 14.9. The number of likely N-dealkylation sites (N-methyl/N-ethyl adjacent to an activating group) is 1. The maximum absolute atomic E-state index is 13.0. The fraction of sp³-hybridized carbons (Fsp3) is 0.143. The number of hydrogen-bond acceptors (Lipinski definition) is 4. The van der Waals surface area contributed by atoms with Gasteiger partial charge in [-0.3, -0.25) is 4.79 Å². The van der Waals surface area contributed by atoms with Gasteiger partial charge in [0.25, 0.3) is 5.91 Å². The van der Waals surface area contributed by atoms with Crippen molar-refractivity contribution < 1.29 is 23.1 Å². The highest BCUT2D eigenvalue weighted by Crippen LogP contribution is 2.25. The Morgan fingerprint density at radius 3 is 2.26 bits per heavy atom. The molecule has 1 amide bonds. The molecule has 0 bridgehead atoms. The Kier molecular flexibility index (Phi) is 5.35. The second kappa shape index (κ2) is 7.86. The number of ether oxygens (including phenoxy) is 1. The van der Waals surface area contributed by atoms with Gasteiger partial charge >= 0.3 is 5.97 Å². The summed E-state index contributed by atoms with van der Waals surface area (Å²) < 4.78 is 24.0. The van der Waals surface area contributed by atoms with Gasteiger partial charge in [-0.2, -0.15) is 0 Å². The van der Waals surface area contributed by atoms with Crippen LogP contribution in [0.15, 0.2) is 71.1 Å². The Morgan fingerprint density at radius 2 is 1.63 bits per heavy atom. The highest BCUT2D eigenvalue weighted by molar-refractivity contribution is 5.91. The van der Waals surface area contributed by atoms with Crippen molar-refractivity contribution in [1.29, 1.82) is 0 Å². The van der Waals surface area contributed by atoms with E-state index in [4.69, 9.17) is 9.15 Å². The van der Waals surface area contributed by atoms with Gasteiger partial charge in [-0.15, -0.1) is 0 Å². The van der Waals surface area contributed by atoms with E-state index in [1.165, 1.54) is 23.1 Å². The molecule has 0 saturated carbocycles. The molecular weight excluding hydrogens is 349 g/mol. The molecular formula is C21H18FNO4. The quantitative estimate of drug-likeness (QED) is 0.638. The third-order valence-electron chi connectivity index (χ3n) is 3.93. The van der Waals surface area contributed by atoms with Crippen molar-refractivity contribution in [2.24, 2.45) is 0 Å². The highest BCUT2D eigenvalue weighted by Gasteiger charge is 2.28. The van der Waals surface area contributed by atoms with Gasteiger partial charge in [-0.1, -0.05) is 30.3 Å². The maximum Gasteiger partial charge on any atom is 0.375 e. The van der Waals surface area contributed by atoms with Crippen LogP contribution >= 0.6 is 0 Å². The standard InChI is InChI=1S/C21H18FNO4/c1-23(2)20(24)19(15-6-4-3-5-7-15)27-21(25)18-13-12-17(26-18)14-8-10-16(22)11-9-14/h3-13,19H,1-2H3/t19-/m0/s1.